The average Bonchev–Trinajstić information content (AvgIpc) is 2.51. The lowest BCUT2D eigenvalue weighted by Crippen LogP contribution is -2.34. The van der Waals surface area contributed by atoms with Gasteiger partial charge in [0.1, 0.15) is 5.75 Å². The molecule has 2 rings (SSSR count). The van der Waals surface area contributed by atoms with Gasteiger partial charge in [0.2, 0.25) is 5.91 Å². The summed E-state index contributed by atoms with van der Waals surface area (Å²) in [6.45, 7) is -1.03. The van der Waals surface area contributed by atoms with Gasteiger partial charge in [-0.1, -0.05) is 18.6 Å². The summed E-state index contributed by atoms with van der Waals surface area (Å²) in [5.41, 5.74) is 0.772. The standard InChI is InChI=1S/C16H20F3NO3/c17-16(18,19)10-23-14-6-4-11(5-7-14)9-20-15(22)12-2-1-3-13(21)8-12/h4-7,12-13,21H,1-3,8-10H2,(H,20,22)/t12-,13-/m1/s1. The van der Waals surface area contributed by atoms with Gasteiger partial charge in [0.15, 0.2) is 6.61 Å². The Kier molecular flexibility index (Phi) is 5.87. The molecule has 1 amide bonds. The molecule has 0 heterocycles. The molecular formula is C16H20F3NO3. The maximum absolute atomic E-state index is 12.0. The zero-order valence-electron chi connectivity index (χ0n) is 12.6. The summed E-state index contributed by atoms with van der Waals surface area (Å²) < 4.78 is 40.8. The van der Waals surface area contributed by atoms with Crippen LogP contribution in [-0.4, -0.2) is 29.9 Å². The Morgan fingerprint density at radius 1 is 1.26 bits per heavy atom. The van der Waals surface area contributed by atoms with E-state index in [1.165, 1.54) is 12.1 Å². The Morgan fingerprint density at radius 2 is 1.96 bits per heavy atom. The summed E-state index contributed by atoms with van der Waals surface area (Å²) >= 11 is 0. The van der Waals surface area contributed by atoms with E-state index in [4.69, 9.17) is 0 Å². The topological polar surface area (TPSA) is 58.6 Å². The monoisotopic (exact) mass is 331 g/mol. The Morgan fingerprint density at radius 3 is 2.57 bits per heavy atom. The van der Waals surface area contributed by atoms with Gasteiger partial charge in [-0.3, -0.25) is 4.79 Å². The predicted octanol–water partition coefficient (Wildman–Crippen LogP) is 2.80. The van der Waals surface area contributed by atoms with Crippen molar-refractivity contribution in [2.45, 2.75) is 44.5 Å². The third-order valence-corrected chi connectivity index (χ3v) is 3.81. The van der Waals surface area contributed by atoms with E-state index in [-0.39, 0.29) is 17.6 Å². The second kappa shape index (κ2) is 7.68. The van der Waals surface area contributed by atoms with Crippen LogP contribution >= 0.6 is 0 Å². The molecule has 0 radical (unpaired) electrons. The molecule has 1 aromatic rings. The van der Waals surface area contributed by atoms with Crippen molar-refractivity contribution in [2.75, 3.05) is 6.61 Å². The van der Waals surface area contributed by atoms with E-state index in [2.05, 4.69) is 10.1 Å². The van der Waals surface area contributed by atoms with Crippen LogP contribution in [0.15, 0.2) is 24.3 Å². The number of carbonyl (C=O) groups is 1. The molecule has 2 N–H and O–H groups in total. The Balaban J connectivity index is 1.78. The van der Waals surface area contributed by atoms with Gasteiger partial charge in [-0.15, -0.1) is 0 Å². The fourth-order valence-electron chi connectivity index (χ4n) is 2.60. The van der Waals surface area contributed by atoms with Crippen LogP contribution in [0.3, 0.4) is 0 Å². The number of halogens is 3. The van der Waals surface area contributed by atoms with Gasteiger partial charge in [0.25, 0.3) is 0 Å². The first-order valence-electron chi connectivity index (χ1n) is 7.58. The van der Waals surface area contributed by atoms with E-state index in [9.17, 15) is 23.1 Å². The number of aliphatic hydroxyl groups is 1. The Hall–Kier alpha value is -1.76. The first kappa shape index (κ1) is 17.6. The number of rotatable bonds is 5. The van der Waals surface area contributed by atoms with Crippen LogP contribution in [0.1, 0.15) is 31.2 Å². The van der Waals surface area contributed by atoms with Crippen molar-refractivity contribution >= 4 is 5.91 Å². The van der Waals surface area contributed by atoms with Crippen LogP contribution in [0.5, 0.6) is 5.75 Å². The molecule has 0 unspecified atom stereocenters. The summed E-state index contributed by atoms with van der Waals surface area (Å²) in [4.78, 5) is 12.0. The van der Waals surface area contributed by atoms with Crippen molar-refractivity contribution in [3.63, 3.8) is 0 Å². The van der Waals surface area contributed by atoms with Crippen LogP contribution in [0.4, 0.5) is 13.2 Å². The molecule has 1 aliphatic rings. The Bertz CT molecular complexity index is 516. The SMILES string of the molecule is O=C(NCc1ccc(OCC(F)(F)F)cc1)[C@@H]1CCC[C@@H](O)C1. The van der Waals surface area contributed by atoms with Crippen molar-refractivity contribution in [1.82, 2.24) is 5.32 Å². The molecule has 1 saturated carbocycles. The van der Waals surface area contributed by atoms with Crippen molar-refractivity contribution in [2.24, 2.45) is 5.92 Å². The highest BCUT2D eigenvalue weighted by molar-refractivity contribution is 5.78. The van der Waals surface area contributed by atoms with E-state index in [0.717, 1.165) is 24.8 Å². The molecule has 1 fully saturated rings. The zero-order chi connectivity index (χ0) is 16.9. The molecule has 0 bridgehead atoms. The zero-order valence-corrected chi connectivity index (χ0v) is 12.6. The molecule has 0 aliphatic heterocycles. The summed E-state index contributed by atoms with van der Waals surface area (Å²) in [6, 6.07) is 6.11. The highest BCUT2D eigenvalue weighted by atomic mass is 19.4. The van der Waals surface area contributed by atoms with Crippen LogP contribution in [-0.2, 0) is 11.3 Å². The van der Waals surface area contributed by atoms with Crippen LogP contribution in [0.2, 0.25) is 0 Å². The van der Waals surface area contributed by atoms with Crippen LogP contribution < -0.4 is 10.1 Å². The quantitative estimate of drug-likeness (QED) is 0.872. The molecular weight excluding hydrogens is 311 g/mol. The predicted molar refractivity (Wildman–Crippen MR) is 77.8 cm³/mol. The highest BCUT2D eigenvalue weighted by Crippen LogP contribution is 2.24. The van der Waals surface area contributed by atoms with Gasteiger partial charge in [-0.2, -0.15) is 13.2 Å². The van der Waals surface area contributed by atoms with E-state index < -0.39 is 18.9 Å². The van der Waals surface area contributed by atoms with Gasteiger partial charge < -0.3 is 15.2 Å². The number of hydrogen-bond donors (Lipinski definition) is 2. The van der Waals surface area contributed by atoms with Crippen molar-refractivity contribution < 1.29 is 27.8 Å². The minimum Gasteiger partial charge on any atom is -0.484 e. The number of ether oxygens (including phenoxy) is 1. The van der Waals surface area contributed by atoms with Crippen LogP contribution in [0.25, 0.3) is 0 Å². The lowest BCUT2D eigenvalue weighted by molar-refractivity contribution is -0.153. The summed E-state index contributed by atoms with van der Waals surface area (Å²) in [7, 11) is 0. The number of benzene rings is 1. The number of alkyl halides is 3. The van der Waals surface area contributed by atoms with Gasteiger partial charge in [0.05, 0.1) is 6.10 Å². The lowest BCUT2D eigenvalue weighted by Gasteiger charge is -2.24. The first-order chi connectivity index (χ1) is 10.8. The van der Waals surface area contributed by atoms with Gasteiger partial charge in [-0.25, -0.2) is 0 Å². The van der Waals surface area contributed by atoms with Crippen LogP contribution in [0, 0.1) is 5.92 Å². The number of amides is 1. The third-order valence-electron chi connectivity index (χ3n) is 3.81. The molecule has 0 saturated heterocycles. The molecule has 1 aromatic carbocycles. The molecule has 0 aromatic heterocycles. The molecule has 23 heavy (non-hydrogen) atoms. The smallest absolute Gasteiger partial charge is 0.422 e. The number of hydrogen-bond acceptors (Lipinski definition) is 3. The summed E-state index contributed by atoms with van der Waals surface area (Å²) in [6.07, 6.45) is -1.95. The first-order valence-corrected chi connectivity index (χ1v) is 7.58. The van der Waals surface area contributed by atoms with Crippen molar-refractivity contribution in [1.29, 1.82) is 0 Å². The van der Waals surface area contributed by atoms with E-state index in [1.54, 1.807) is 12.1 Å². The largest absolute Gasteiger partial charge is 0.484 e. The maximum atomic E-state index is 12.0. The summed E-state index contributed by atoms with van der Waals surface area (Å²) in [5.74, 6) is -0.137. The minimum absolute atomic E-state index is 0.0962. The normalized spacial score (nSPS) is 21.7. The van der Waals surface area contributed by atoms with Crippen molar-refractivity contribution in [3.05, 3.63) is 29.8 Å². The molecule has 1 aliphatic carbocycles. The van der Waals surface area contributed by atoms with Crippen molar-refractivity contribution in [3.8, 4) is 5.75 Å². The summed E-state index contributed by atoms with van der Waals surface area (Å²) in [5, 5.41) is 12.4. The Labute approximate surface area is 132 Å². The fraction of sp³-hybridized carbons (Fsp3) is 0.562. The maximum Gasteiger partial charge on any atom is 0.422 e. The molecule has 2 atom stereocenters. The number of nitrogens with one attached hydrogen (secondary N) is 1. The molecule has 0 spiro atoms. The third kappa shape index (κ3) is 6.09. The van der Waals surface area contributed by atoms with E-state index in [0.29, 0.717) is 13.0 Å². The number of carbonyl (C=O) groups excluding carboxylic acids is 1. The van der Waals surface area contributed by atoms with Gasteiger partial charge in [0, 0.05) is 12.5 Å². The molecule has 128 valence electrons. The average molecular weight is 331 g/mol. The second-order valence-electron chi connectivity index (χ2n) is 5.78. The molecule has 4 nitrogen and oxygen atoms in total. The van der Waals surface area contributed by atoms with Gasteiger partial charge in [-0.05, 0) is 37.0 Å². The number of aliphatic hydroxyl groups excluding tert-OH is 1. The lowest BCUT2D eigenvalue weighted by atomic mass is 9.86. The van der Waals surface area contributed by atoms with E-state index >= 15 is 0 Å². The highest BCUT2D eigenvalue weighted by Gasteiger charge is 2.28. The van der Waals surface area contributed by atoms with Gasteiger partial charge >= 0.3 is 6.18 Å². The molecule has 7 heteroatoms. The minimum atomic E-state index is -4.36. The second-order valence-corrected chi connectivity index (χ2v) is 5.78. The van der Waals surface area contributed by atoms with E-state index in [1.807, 2.05) is 0 Å². The fourth-order valence-corrected chi connectivity index (χ4v) is 2.60.